The second-order valence-corrected chi connectivity index (χ2v) is 5.10. The average Bonchev–Trinajstić information content (AvgIpc) is 2.55. The van der Waals surface area contributed by atoms with E-state index in [-0.39, 0.29) is 5.75 Å². The summed E-state index contributed by atoms with van der Waals surface area (Å²) in [4.78, 5) is 3.54. The molecule has 0 aliphatic heterocycles. The first kappa shape index (κ1) is 18.8. The van der Waals surface area contributed by atoms with E-state index in [1.807, 2.05) is 5.43 Å². The molecule has 4 N–H and O–H groups in total. The molecule has 2 rings (SSSR count). The molecule has 0 aliphatic carbocycles. The Morgan fingerprint density at radius 2 is 2.00 bits per heavy atom. The van der Waals surface area contributed by atoms with Crippen molar-refractivity contribution >= 4 is 0 Å². The van der Waals surface area contributed by atoms with Gasteiger partial charge in [-0.25, -0.2) is 8.78 Å². The van der Waals surface area contributed by atoms with Crippen LogP contribution in [0.5, 0.6) is 5.75 Å². The molecule has 1 aromatic heterocycles. The first-order valence-electron chi connectivity index (χ1n) is 6.99. The molecule has 1 heterocycles. The average molecular weight is 357 g/mol. The molecule has 0 saturated heterocycles. The van der Waals surface area contributed by atoms with Crippen molar-refractivity contribution in [3.63, 3.8) is 0 Å². The monoisotopic (exact) mass is 357 g/mol. The summed E-state index contributed by atoms with van der Waals surface area (Å²) in [5.41, 5.74) is -2.90. The highest BCUT2D eigenvalue weighted by Crippen LogP contribution is 2.45. The number of hydrogen-bond donors (Lipinski definition) is 3. The maximum absolute atomic E-state index is 14.9. The number of hydrazine groups is 1. The van der Waals surface area contributed by atoms with Crippen molar-refractivity contribution in [3.8, 4) is 5.75 Å². The molecule has 0 fully saturated rings. The van der Waals surface area contributed by atoms with Crippen molar-refractivity contribution in [2.24, 2.45) is 5.84 Å². The summed E-state index contributed by atoms with van der Waals surface area (Å²) in [5, 5.41) is 10.6. The van der Waals surface area contributed by atoms with Crippen LogP contribution in [-0.4, -0.2) is 16.6 Å². The van der Waals surface area contributed by atoms with E-state index >= 15 is 0 Å². The van der Waals surface area contributed by atoms with Crippen LogP contribution in [0.25, 0.3) is 0 Å². The Labute approximate surface area is 140 Å². The molecule has 9 heteroatoms. The van der Waals surface area contributed by atoms with Gasteiger partial charge in [0.2, 0.25) is 0 Å². The number of pyridine rings is 1. The minimum absolute atomic E-state index is 0.142. The Balaban J connectivity index is 2.54. The molecule has 134 valence electrons. The van der Waals surface area contributed by atoms with Gasteiger partial charge in [0.15, 0.2) is 5.60 Å². The van der Waals surface area contributed by atoms with Gasteiger partial charge in [0.05, 0.1) is 12.5 Å². The molecule has 2 aromatic rings. The van der Waals surface area contributed by atoms with Gasteiger partial charge in [0.25, 0.3) is 0 Å². The molecule has 5 nitrogen and oxygen atoms in total. The first-order chi connectivity index (χ1) is 11.8. The summed E-state index contributed by atoms with van der Waals surface area (Å²) in [5.74, 6) is -1.16. The summed E-state index contributed by atoms with van der Waals surface area (Å²) in [6.45, 7) is 2.39. The molecule has 0 aliphatic rings. The fourth-order valence-electron chi connectivity index (χ4n) is 2.29. The molecular formula is C16H15F4N3O2. The molecule has 0 spiro atoms. The zero-order valence-corrected chi connectivity index (χ0v) is 12.8. The lowest BCUT2D eigenvalue weighted by molar-refractivity contribution is -0.196. The first-order valence-corrected chi connectivity index (χ1v) is 6.99. The number of nitrogens with zero attached hydrogens (tertiary/aromatic N) is 1. The maximum Gasteiger partial charge on any atom is 0.323 e. The minimum Gasteiger partial charge on any atom is -0.464 e. The van der Waals surface area contributed by atoms with E-state index in [1.165, 1.54) is 6.07 Å². The second-order valence-electron chi connectivity index (χ2n) is 5.10. The highest BCUT2D eigenvalue weighted by Gasteiger charge is 2.57. The molecule has 0 amide bonds. The number of aromatic nitrogens is 1. The molecule has 25 heavy (non-hydrogen) atoms. The molecule has 1 atom stereocenters. The predicted molar refractivity (Wildman–Crippen MR) is 81.4 cm³/mol. The lowest BCUT2D eigenvalue weighted by atomic mass is 9.84. The predicted octanol–water partition coefficient (Wildman–Crippen LogP) is 2.33. The number of aliphatic hydroxyl groups is 1. The number of alkyl halides is 2. The van der Waals surface area contributed by atoms with Crippen LogP contribution < -0.4 is 16.0 Å². The smallest absolute Gasteiger partial charge is 0.323 e. The second kappa shape index (κ2) is 7.18. The zero-order chi connectivity index (χ0) is 18.7. The number of nitrogens with one attached hydrogen (secondary N) is 1. The van der Waals surface area contributed by atoms with E-state index in [4.69, 9.17) is 10.6 Å². The van der Waals surface area contributed by atoms with E-state index < -0.39 is 41.0 Å². The maximum atomic E-state index is 14.9. The van der Waals surface area contributed by atoms with Crippen LogP contribution in [0.2, 0.25) is 0 Å². The lowest BCUT2D eigenvalue weighted by Gasteiger charge is -2.35. The van der Waals surface area contributed by atoms with Crippen LogP contribution in [0.3, 0.4) is 0 Å². The minimum atomic E-state index is -4.06. The largest absolute Gasteiger partial charge is 0.464 e. The van der Waals surface area contributed by atoms with E-state index in [9.17, 15) is 22.7 Å². The van der Waals surface area contributed by atoms with Gasteiger partial charge in [-0.05, 0) is 18.2 Å². The normalized spacial score (nSPS) is 14.0. The van der Waals surface area contributed by atoms with E-state index in [1.54, 1.807) is 0 Å². The number of benzene rings is 1. The van der Waals surface area contributed by atoms with Crippen LogP contribution >= 0.6 is 0 Å². The summed E-state index contributed by atoms with van der Waals surface area (Å²) in [6.07, 6.45) is 2.07. The van der Waals surface area contributed by atoms with E-state index in [2.05, 4.69) is 11.6 Å². The Hall–Kier alpha value is -2.49. The van der Waals surface area contributed by atoms with Gasteiger partial charge in [-0.1, -0.05) is 12.6 Å². The summed E-state index contributed by atoms with van der Waals surface area (Å²) in [6, 6.07) is 3.95. The lowest BCUT2D eigenvalue weighted by Crippen LogP contribution is -2.52. The number of halogens is 4. The number of ether oxygens (including phenoxy) is 1. The molecule has 0 saturated carbocycles. The number of rotatable bonds is 7. The van der Waals surface area contributed by atoms with Crippen LogP contribution in [-0.2, 0) is 11.5 Å². The Morgan fingerprint density at radius 3 is 2.52 bits per heavy atom. The molecule has 1 unspecified atom stereocenters. The Kier molecular flexibility index (Phi) is 5.41. The third kappa shape index (κ3) is 3.48. The molecule has 0 bridgehead atoms. The van der Waals surface area contributed by atoms with Gasteiger partial charge >= 0.3 is 5.92 Å². The molecular weight excluding hydrogens is 342 g/mol. The summed E-state index contributed by atoms with van der Waals surface area (Å²) < 4.78 is 61.9. The highest BCUT2D eigenvalue weighted by molar-refractivity contribution is 5.33. The molecule has 1 aromatic carbocycles. The molecule has 0 radical (unpaired) electrons. The SMILES string of the molecule is C=COc1ccc(C(F)(F)C(O)(CNN)c2ccc(F)cc2F)nc1. The Bertz CT molecular complexity index is 756. The third-order valence-corrected chi connectivity index (χ3v) is 3.53. The van der Waals surface area contributed by atoms with Gasteiger partial charge in [0, 0.05) is 18.2 Å². The fraction of sp³-hybridized carbons (Fsp3) is 0.188. The van der Waals surface area contributed by atoms with Gasteiger partial charge in [-0.15, -0.1) is 0 Å². The van der Waals surface area contributed by atoms with Crippen molar-refractivity contribution in [1.82, 2.24) is 10.4 Å². The van der Waals surface area contributed by atoms with Gasteiger partial charge in [-0.3, -0.25) is 16.3 Å². The van der Waals surface area contributed by atoms with Crippen LogP contribution in [0.4, 0.5) is 17.6 Å². The van der Waals surface area contributed by atoms with E-state index in [0.717, 1.165) is 30.7 Å². The Morgan fingerprint density at radius 1 is 1.28 bits per heavy atom. The quantitative estimate of drug-likeness (QED) is 0.307. The van der Waals surface area contributed by atoms with Crippen molar-refractivity contribution in [3.05, 3.63) is 72.3 Å². The standard InChI is InChI=1S/C16H15F4N3O2/c1-2-25-11-4-6-14(22-8-11)16(19,20)15(24,9-23-21)12-5-3-10(17)7-13(12)18/h2-8,23-24H,1,9,21H2. The number of hydrogen-bond acceptors (Lipinski definition) is 5. The van der Waals surface area contributed by atoms with Crippen molar-refractivity contribution < 1.29 is 27.4 Å². The fourth-order valence-corrected chi connectivity index (χ4v) is 2.29. The van der Waals surface area contributed by atoms with Gasteiger partial charge in [-0.2, -0.15) is 8.78 Å². The van der Waals surface area contributed by atoms with Crippen LogP contribution in [0.1, 0.15) is 11.3 Å². The highest BCUT2D eigenvalue weighted by atomic mass is 19.3. The topological polar surface area (TPSA) is 80.4 Å². The zero-order valence-electron chi connectivity index (χ0n) is 12.8. The van der Waals surface area contributed by atoms with E-state index in [0.29, 0.717) is 6.07 Å². The van der Waals surface area contributed by atoms with Crippen molar-refractivity contribution in [2.75, 3.05) is 6.54 Å². The van der Waals surface area contributed by atoms with Crippen LogP contribution in [0.15, 0.2) is 49.4 Å². The number of nitrogens with two attached hydrogens (primary N) is 1. The van der Waals surface area contributed by atoms with Gasteiger partial charge < -0.3 is 9.84 Å². The van der Waals surface area contributed by atoms with Crippen molar-refractivity contribution in [2.45, 2.75) is 11.5 Å². The van der Waals surface area contributed by atoms with Crippen molar-refractivity contribution in [1.29, 1.82) is 0 Å². The summed E-state index contributed by atoms with van der Waals surface area (Å²) >= 11 is 0. The van der Waals surface area contributed by atoms with Gasteiger partial charge in [0.1, 0.15) is 23.1 Å². The third-order valence-electron chi connectivity index (χ3n) is 3.53. The van der Waals surface area contributed by atoms with Crippen LogP contribution in [0, 0.1) is 11.6 Å². The summed E-state index contributed by atoms with van der Waals surface area (Å²) in [7, 11) is 0.